The third-order valence-electron chi connectivity index (χ3n) is 5.35. The molecule has 0 radical (unpaired) electrons. The Labute approximate surface area is 203 Å². The molecule has 0 aliphatic heterocycles. The van der Waals surface area contributed by atoms with Crippen molar-refractivity contribution in [2.75, 3.05) is 6.54 Å². The number of nitrogens with zero attached hydrogens (tertiary/aromatic N) is 5. The number of nitrogens with one attached hydrogen (secondary N) is 2. The minimum Gasteiger partial charge on any atom is -0.420 e. The predicted molar refractivity (Wildman–Crippen MR) is 127 cm³/mol. The number of amides is 2. The van der Waals surface area contributed by atoms with Crippen LogP contribution < -0.4 is 11.1 Å². The van der Waals surface area contributed by atoms with E-state index in [4.69, 9.17) is 21.8 Å². The molecule has 0 atom stereocenters. The number of pyridine rings is 1. The number of aromatic amines is 1. The van der Waals surface area contributed by atoms with Gasteiger partial charge in [-0.15, -0.1) is 10.2 Å². The van der Waals surface area contributed by atoms with Crippen molar-refractivity contribution in [1.82, 2.24) is 35.3 Å². The molecule has 1 aromatic carbocycles. The zero-order valence-electron chi connectivity index (χ0n) is 18.4. The Bertz CT molecular complexity index is 1570. The fraction of sp³-hybridized carbons (Fsp3) is 0.130. The first-order chi connectivity index (χ1) is 16.9. The highest BCUT2D eigenvalue weighted by Gasteiger charge is 2.17. The number of hydrogen-bond acceptors (Lipinski definition) is 7. The number of rotatable bonds is 7. The summed E-state index contributed by atoms with van der Waals surface area (Å²) in [5, 5.41) is 16.2. The summed E-state index contributed by atoms with van der Waals surface area (Å²) in [6, 6.07) is 6.80. The van der Waals surface area contributed by atoms with Crippen molar-refractivity contribution >= 4 is 34.4 Å². The lowest BCUT2D eigenvalue weighted by Gasteiger charge is -2.06. The van der Waals surface area contributed by atoms with Gasteiger partial charge in [0.15, 0.2) is 0 Å². The number of nitrogens with two attached hydrogens (primary N) is 1. The Morgan fingerprint density at radius 3 is 2.80 bits per heavy atom. The summed E-state index contributed by atoms with van der Waals surface area (Å²) in [5.41, 5.74) is 9.34. The van der Waals surface area contributed by atoms with Gasteiger partial charge >= 0.3 is 0 Å². The van der Waals surface area contributed by atoms with Crippen LogP contribution in [0.3, 0.4) is 0 Å². The predicted octanol–water partition coefficient (Wildman–Crippen LogP) is 2.47. The Kier molecular flexibility index (Phi) is 5.75. The van der Waals surface area contributed by atoms with E-state index in [9.17, 15) is 9.59 Å². The van der Waals surface area contributed by atoms with Gasteiger partial charge < -0.3 is 20.5 Å². The van der Waals surface area contributed by atoms with Gasteiger partial charge in [0.25, 0.3) is 5.91 Å². The van der Waals surface area contributed by atoms with Crippen molar-refractivity contribution in [2.24, 2.45) is 12.8 Å². The van der Waals surface area contributed by atoms with E-state index >= 15 is 0 Å². The molecular weight excluding hydrogens is 472 g/mol. The number of aryl methyl sites for hydroxylation is 1. The molecule has 0 unspecified atom stereocenters. The summed E-state index contributed by atoms with van der Waals surface area (Å²) in [6.07, 6.45) is 7.51. The van der Waals surface area contributed by atoms with Gasteiger partial charge in [-0.2, -0.15) is 5.10 Å². The molecule has 5 aromatic rings. The van der Waals surface area contributed by atoms with Crippen LogP contribution in [0.2, 0.25) is 5.02 Å². The Morgan fingerprint density at radius 2 is 2.06 bits per heavy atom. The lowest BCUT2D eigenvalue weighted by Crippen LogP contribution is -2.33. The van der Waals surface area contributed by atoms with Crippen LogP contribution >= 0.6 is 11.6 Å². The van der Waals surface area contributed by atoms with Crippen molar-refractivity contribution in [3.63, 3.8) is 0 Å². The molecule has 4 aromatic heterocycles. The van der Waals surface area contributed by atoms with Gasteiger partial charge in [0, 0.05) is 52.7 Å². The average molecular weight is 491 g/mol. The quantitative estimate of drug-likeness (QED) is 0.316. The molecule has 5 rings (SSSR count). The number of carbonyl (C=O) groups is 2. The minimum atomic E-state index is -0.632. The maximum atomic E-state index is 12.1. The standard InChI is InChI=1S/C23H19ClN8O3/c1-32-11-15(8-29-32)14-4-16-17(9-27-21(16)26-7-14)23-31-30-20(35-23)6-12-2-3-13(5-18(12)24)22(34)28-10-19(25)33/h2-5,7-9,11H,6,10H2,1H3,(H2,25,33)(H,26,27)(H,28,34). The van der Waals surface area contributed by atoms with Gasteiger partial charge in [0.1, 0.15) is 5.65 Å². The number of fused-ring (bicyclic) bond motifs is 1. The Morgan fingerprint density at radius 1 is 1.20 bits per heavy atom. The van der Waals surface area contributed by atoms with E-state index in [2.05, 4.69) is 30.6 Å². The largest absolute Gasteiger partial charge is 0.420 e. The summed E-state index contributed by atoms with van der Waals surface area (Å²) in [7, 11) is 1.86. The summed E-state index contributed by atoms with van der Waals surface area (Å²) in [6.45, 7) is -0.254. The molecule has 0 saturated heterocycles. The summed E-state index contributed by atoms with van der Waals surface area (Å²) >= 11 is 6.37. The van der Waals surface area contributed by atoms with Crippen molar-refractivity contribution in [1.29, 1.82) is 0 Å². The number of primary amides is 1. The second-order valence-corrected chi connectivity index (χ2v) is 8.27. The lowest BCUT2D eigenvalue weighted by atomic mass is 10.1. The first kappa shape index (κ1) is 22.3. The highest BCUT2D eigenvalue weighted by atomic mass is 35.5. The highest BCUT2D eigenvalue weighted by molar-refractivity contribution is 6.31. The van der Waals surface area contributed by atoms with Crippen molar-refractivity contribution in [3.8, 4) is 22.6 Å². The second-order valence-electron chi connectivity index (χ2n) is 7.86. The average Bonchev–Trinajstić information content (AvgIpc) is 3.57. The number of hydrogen-bond donors (Lipinski definition) is 3. The zero-order chi connectivity index (χ0) is 24.5. The summed E-state index contributed by atoms with van der Waals surface area (Å²) in [5.74, 6) is -0.378. The van der Waals surface area contributed by atoms with E-state index < -0.39 is 11.8 Å². The fourth-order valence-electron chi connectivity index (χ4n) is 3.61. The number of benzene rings is 1. The Hall–Kier alpha value is -4.51. The molecule has 12 heteroatoms. The molecule has 0 aliphatic carbocycles. The lowest BCUT2D eigenvalue weighted by molar-refractivity contribution is -0.117. The topological polar surface area (TPSA) is 158 Å². The van der Waals surface area contributed by atoms with Crippen LogP contribution in [0.4, 0.5) is 0 Å². The van der Waals surface area contributed by atoms with Gasteiger partial charge in [-0.05, 0) is 23.8 Å². The SMILES string of the molecule is Cn1cc(-c2cnc3[nH]cc(-c4nnc(Cc5ccc(C(=O)NCC(N)=O)cc5Cl)o4)c3c2)cn1. The van der Waals surface area contributed by atoms with Crippen LogP contribution in [0.5, 0.6) is 0 Å². The molecule has 0 spiro atoms. The van der Waals surface area contributed by atoms with Crippen LogP contribution in [0.15, 0.2) is 53.5 Å². The van der Waals surface area contributed by atoms with Crippen LogP contribution in [0, 0.1) is 0 Å². The molecule has 176 valence electrons. The molecule has 2 amide bonds. The fourth-order valence-corrected chi connectivity index (χ4v) is 3.85. The first-order valence-electron chi connectivity index (χ1n) is 10.5. The van der Waals surface area contributed by atoms with Crippen molar-refractivity contribution < 1.29 is 14.0 Å². The van der Waals surface area contributed by atoms with Crippen LogP contribution in [-0.2, 0) is 18.3 Å². The monoisotopic (exact) mass is 490 g/mol. The van der Waals surface area contributed by atoms with E-state index in [1.54, 1.807) is 35.4 Å². The van der Waals surface area contributed by atoms with Gasteiger partial charge in [0.2, 0.25) is 17.7 Å². The third kappa shape index (κ3) is 4.62. The normalized spacial score (nSPS) is 11.1. The molecule has 4 heterocycles. The maximum absolute atomic E-state index is 12.1. The van der Waals surface area contributed by atoms with Gasteiger partial charge in [0.05, 0.1) is 24.7 Å². The molecule has 35 heavy (non-hydrogen) atoms. The minimum absolute atomic E-state index is 0.254. The third-order valence-corrected chi connectivity index (χ3v) is 5.70. The van der Waals surface area contributed by atoms with Crippen molar-refractivity contribution in [2.45, 2.75) is 6.42 Å². The van der Waals surface area contributed by atoms with Gasteiger partial charge in [-0.3, -0.25) is 14.3 Å². The molecule has 0 saturated carbocycles. The number of halogens is 1. The summed E-state index contributed by atoms with van der Waals surface area (Å²) < 4.78 is 7.64. The molecule has 11 nitrogen and oxygen atoms in total. The molecule has 4 N–H and O–H groups in total. The van der Waals surface area contributed by atoms with E-state index in [-0.39, 0.29) is 13.0 Å². The highest BCUT2D eigenvalue weighted by Crippen LogP contribution is 2.31. The zero-order valence-corrected chi connectivity index (χ0v) is 19.2. The van der Waals surface area contributed by atoms with E-state index in [0.717, 1.165) is 22.1 Å². The van der Waals surface area contributed by atoms with E-state index in [1.807, 2.05) is 19.3 Å². The first-order valence-corrected chi connectivity index (χ1v) is 10.9. The van der Waals surface area contributed by atoms with Gasteiger partial charge in [-0.25, -0.2) is 4.98 Å². The van der Waals surface area contributed by atoms with E-state index in [0.29, 0.717) is 33.6 Å². The smallest absolute Gasteiger partial charge is 0.251 e. The number of carbonyl (C=O) groups excluding carboxylic acids is 2. The number of aromatic nitrogens is 6. The van der Waals surface area contributed by atoms with Crippen LogP contribution in [0.25, 0.3) is 33.6 Å². The summed E-state index contributed by atoms with van der Waals surface area (Å²) in [4.78, 5) is 30.6. The molecule has 0 fully saturated rings. The molecule has 0 aliphatic rings. The van der Waals surface area contributed by atoms with Crippen LogP contribution in [-0.4, -0.2) is 48.3 Å². The molecular formula is C23H19ClN8O3. The molecule has 0 bridgehead atoms. The van der Waals surface area contributed by atoms with Crippen molar-refractivity contribution in [3.05, 3.63) is 71.1 Å². The Balaban J connectivity index is 1.37. The van der Waals surface area contributed by atoms with E-state index in [1.165, 1.54) is 6.07 Å². The number of H-pyrrole nitrogens is 1. The van der Waals surface area contributed by atoms with Gasteiger partial charge in [-0.1, -0.05) is 17.7 Å². The van der Waals surface area contributed by atoms with Crippen LogP contribution in [0.1, 0.15) is 21.8 Å². The maximum Gasteiger partial charge on any atom is 0.251 e. The second kappa shape index (κ2) is 9.03.